The Kier molecular flexibility index (Phi) is 2.43. The van der Waals surface area contributed by atoms with Crippen LogP contribution in [0.5, 0.6) is 11.5 Å². The number of benzene rings is 1. The molecule has 4 rings (SSSR count). The van der Waals surface area contributed by atoms with E-state index in [-0.39, 0.29) is 12.7 Å². The van der Waals surface area contributed by atoms with Gasteiger partial charge in [0.25, 0.3) is 0 Å². The van der Waals surface area contributed by atoms with Gasteiger partial charge < -0.3 is 9.47 Å². The third kappa shape index (κ3) is 1.66. The molecule has 20 heavy (non-hydrogen) atoms. The van der Waals surface area contributed by atoms with Crippen molar-refractivity contribution in [2.24, 2.45) is 0 Å². The maximum absolute atomic E-state index is 5.40. The fourth-order valence-electron chi connectivity index (χ4n) is 2.14. The SMILES string of the molecule is CC(C)c1nnc2sc(-c3ccc4c(c3)OCO4)nn12. The van der Waals surface area contributed by atoms with Crippen molar-refractivity contribution in [2.75, 3.05) is 6.79 Å². The lowest BCUT2D eigenvalue weighted by molar-refractivity contribution is 0.174. The van der Waals surface area contributed by atoms with Gasteiger partial charge in [0.2, 0.25) is 11.8 Å². The molecule has 0 saturated carbocycles. The van der Waals surface area contributed by atoms with Crippen molar-refractivity contribution in [1.29, 1.82) is 0 Å². The lowest BCUT2D eigenvalue weighted by Crippen LogP contribution is -1.97. The lowest BCUT2D eigenvalue weighted by Gasteiger charge is -1.99. The summed E-state index contributed by atoms with van der Waals surface area (Å²) in [5.41, 5.74) is 0.999. The molecule has 1 aliphatic rings. The summed E-state index contributed by atoms with van der Waals surface area (Å²) in [5, 5.41) is 13.8. The van der Waals surface area contributed by atoms with Gasteiger partial charge in [0, 0.05) is 11.5 Å². The van der Waals surface area contributed by atoms with Gasteiger partial charge >= 0.3 is 0 Å². The predicted molar refractivity (Wildman–Crippen MR) is 74.3 cm³/mol. The zero-order valence-electron chi connectivity index (χ0n) is 11.0. The molecule has 7 heteroatoms. The molecule has 6 nitrogen and oxygen atoms in total. The Morgan fingerprint density at radius 1 is 1.20 bits per heavy atom. The zero-order valence-corrected chi connectivity index (χ0v) is 11.8. The molecule has 0 spiro atoms. The van der Waals surface area contributed by atoms with Crippen LogP contribution in [-0.4, -0.2) is 26.6 Å². The molecule has 2 aromatic heterocycles. The van der Waals surface area contributed by atoms with E-state index in [9.17, 15) is 0 Å². The summed E-state index contributed by atoms with van der Waals surface area (Å²) < 4.78 is 12.5. The summed E-state index contributed by atoms with van der Waals surface area (Å²) in [4.78, 5) is 0.807. The Labute approximate surface area is 119 Å². The Morgan fingerprint density at radius 2 is 2.05 bits per heavy atom. The van der Waals surface area contributed by atoms with Gasteiger partial charge in [0.05, 0.1) is 0 Å². The third-order valence-electron chi connectivity index (χ3n) is 3.15. The first-order chi connectivity index (χ1) is 9.72. The molecule has 0 bridgehead atoms. The molecule has 3 aromatic rings. The van der Waals surface area contributed by atoms with Crippen LogP contribution in [0.25, 0.3) is 15.5 Å². The van der Waals surface area contributed by atoms with Gasteiger partial charge in [-0.1, -0.05) is 25.2 Å². The number of fused-ring (bicyclic) bond motifs is 2. The highest BCUT2D eigenvalue weighted by atomic mass is 32.1. The minimum atomic E-state index is 0.279. The van der Waals surface area contributed by atoms with E-state index in [1.54, 1.807) is 0 Å². The van der Waals surface area contributed by atoms with Gasteiger partial charge in [0.1, 0.15) is 5.01 Å². The number of rotatable bonds is 2. The van der Waals surface area contributed by atoms with Crippen LogP contribution in [0.4, 0.5) is 0 Å². The molecule has 0 saturated heterocycles. The standard InChI is InChI=1S/C13H12N4O2S/c1-7(2)11-14-15-13-17(11)16-12(20-13)8-3-4-9-10(5-8)19-6-18-9/h3-5,7H,6H2,1-2H3. The van der Waals surface area contributed by atoms with Crippen molar-refractivity contribution in [1.82, 2.24) is 19.8 Å². The highest BCUT2D eigenvalue weighted by molar-refractivity contribution is 7.19. The Hall–Kier alpha value is -2.15. The summed E-state index contributed by atoms with van der Waals surface area (Å²) in [6.45, 7) is 4.44. The molecule has 0 aliphatic carbocycles. The third-order valence-corrected chi connectivity index (χ3v) is 4.10. The van der Waals surface area contributed by atoms with Gasteiger partial charge in [-0.15, -0.1) is 10.2 Å². The number of hydrogen-bond acceptors (Lipinski definition) is 6. The van der Waals surface area contributed by atoms with Crippen LogP contribution in [0.15, 0.2) is 18.2 Å². The molecule has 0 radical (unpaired) electrons. The van der Waals surface area contributed by atoms with Crippen molar-refractivity contribution in [3.63, 3.8) is 0 Å². The number of aromatic nitrogens is 4. The van der Waals surface area contributed by atoms with Crippen molar-refractivity contribution in [2.45, 2.75) is 19.8 Å². The van der Waals surface area contributed by atoms with E-state index >= 15 is 0 Å². The van der Waals surface area contributed by atoms with Crippen LogP contribution in [0.2, 0.25) is 0 Å². The predicted octanol–water partition coefficient (Wildman–Crippen LogP) is 2.70. The second kappa shape index (κ2) is 4.17. The molecule has 0 fully saturated rings. The minimum absolute atomic E-state index is 0.279. The van der Waals surface area contributed by atoms with Gasteiger partial charge in [-0.2, -0.15) is 9.61 Å². The van der Waals surface area contributed by atoms with Crippen molar-refractivity contribution < 1.29 is 9.47 Å². The van der Waals surface area contributed by atoms with Crippen LogP contribution in [-0.2, 0) is 0 Å². The number of nitrogens with zero attached hydrogens (tertiary/aromatic N) is 4. The fraction of sp³-hybridized carbons (Fsp3) is 0.308. The van der Waals surface area contributed by atoms with Crippen LogP contribution in [0, 0.1) is 0 Å². The summed E-state index contributed by atoms with van der Waals surface area (Å²) in [5.74, 6) is 2.71. The smallest absolute Gasteiger partial charge is 0.234 e. The monoisotopic (exact) mass is 288 g/mol. The van der Waals surface area contributed by atoms with E-state index in [1.165, 1.54) is 11.3 Å². The summed E-state index contributed by atoms with van der Waals surface area (Å²) in [7, 11) is 0. The van der Waals surface area contributed by atoms with Crippen molar-refractivity contribution >= 4 is 16.3 Å². The van der Waals surface area contributed by atoms with E-state index < -0.39 is 0 Å². The summed E-state index contributed by atoms with van der Waals surface area (Å²) >= 11 is 1.52. The zero-order chi connectivity index (χ0) is 13.7. The van der Waals surface area contributed by atoms with Crippen LogP contribution in [0.3, 0.4) is 0 Å². The average Bonchev–Trinajstić information content (AvgIpc) is 3.11. The first-order valence-corrected chi connectivity index (χ1v) is 7.16. The van der Waals surface area contributed by atoms with Crippen LogP contribution < -0.4 is 9.47 Å². The van der Waals surface area contributed by atoms with E-state index in [2.05, 4.69) is 29.1 Å². The number of hydrogen-bond donors (Lipinski definition) is 0. The van der Waals surface area contributed by atoms with E-state index in [0.29, 0.717) is 0 Å². The molecule has 3 heterocycles. The van der Waals surface area contributed by atoms with E-state index in [1.807, 2.05) is 22.7 Å². The van der Waals surface area contributed by atoms with Gasteiger partial charge in [-0.25, -0.2) is 0 Å². The van der Waals surface area contributed by atoms with Crippen LogP contribution >= 0.6 is 11.3 Å². The summed E-state index contributed by atoms with van der Waals surface area (Å²) in [6, 6.07) is 5.83. The topological polar surface area (TPSA) is 61.5 Å². The van der Waals surface area contributed by atoms with Gasteiger partial charge in [-0.3, -0.25) is 0 Å². The van der Waals surface area contributed by atoms with Crippen molar-refractivity contribution in [3.8, 4) is 22.1 Å². The molecule has 0 unspecified atom stereocenters. The highest BCUT2D eigenvalue weighted by Gasteiger charge is 2.18. The van der Waals surface area contributed by atoms with E-state index in [0.717, 1.165) is 32.9 Å². The molecule has 1 aliphatic heterocycles. The van der Waals surface area contributed by atoms with Crippen LogP contribution in [0.1, 0.15) is 25.6 Å². The normalized spacial score (nSPS) is 13.6. The molecule has 1 aromatic carbocycles. The molecule has 0 N–H and O–H groups in total. The number of ether oxygens (including phenoxy) is 2. The highest BCUT2D eigenvalue weighted by Crippen LogP contribution is 2.37. The summed E-state index contributed by atoms with van der Waals surface area (Å²) in [6.07, 6.45) is 0. The molecular formula is C13H12N4O2S. The molecule has 102 valence electrons. The van der Waals surface area contributed by atoms with Gasteiger partial charge in [0.15, 0.2) is 17.3 Å². The average molecular weight is 288 g/mol. The quantitative estimate of drug-likeness (QED) is 0.725. The Bertz CT molecular complexity index is 793. The first kappa shape index (κ1) is 11.7. The lowest BCUT2D eigenvalue weighted by atomic mass is 10.2. The minimum Gasteiger partial charge on any atom is -0.454 e. The second-order valence-corrected chi connectivity index (χ2v) is 5.84. The van der Waals surface area contributed by atoms with Gasteiger partial charge in [-0.05, 0) is 18.2 Å². The molecular weight excluding hydrogens is 276 g/mol. The Morgan fingerprint density at radius 3 is 2.90 bits per heavy atom. The maximum Gasteiger partial charge on any atom is 0.234 e. The maximum atomic E-state index is 5.40. The van der Waals surface area contributed by atoms with E-state index in [4.69, 9.17) is 9.47 Å². The first-order valence-electron chi connectivity index (χ1n) is 6.34. The molecule has 0 amide bonds. The Balaban J connectivity index is 1.82. The largest absolute Gasteiger partial charge is 0.454 e. The fourth-order valence-corrected chi connectivity index (χ4v) is 2.98. The van der Waals surface area contributed by atoms with Crippen molar-refractivity contribution in [3.05, 3.63) is 24.0 Å². The second-order valence-electron chi connectivity index (χ2n) is 4.88. The molecule has 0 atom stereocenters.